The van der Waals surface area contributed by atoms with Gasteiger partial charge in [0.1, 0.15) is 0 Å². The standard InChI is InChI=1S/C11H20N2OS/c1-9(10-13-4-5-15-10)6-12-7-11(2,3)8-14/h4-5,9,12,14H,6-8H2,1-3H3. The highest BCUT2D eigenvalue weighted by Crippen LogP contribution is 2.17. The molecule has 0 fully saturated rings. The maximum absolute atomic E-state index is 9.09. The van der Waals surface area contributed by atoms with Crippen molar-refractivity contribution in [1.82, 2.24) is 10.3 Å². The van der Waals surface area contributed by atoms with Crippen LogP contribution in [0.2, 0.25) is 0 Å². The molecule has 0 aliphatic rings. The zero-order valence-electron chi connectivity index (χ0n) is 9.66. The summed E-state index contributed by atoms with van der Waals surface area (Å²) in [5, 5.41) is 15.6. The fourth-order valence-corrected chi connectivity index (χ4v) is 1.95. The van der Waals surface area contributed by atoms with Crippen LogP contribution in [-0.4, -0.2) is 29.8 Å². The highest BCUT2D eigenvalue weighted by atomic mass is 32.1. The lowest BCUT2D eigenvalue weighted by Gasteiger charge is -2.22. The maximum atomic E-state index is 9.09. The molecule has 0 radical (unpaired) electrons. The van der Waals surface area contributed by atoms with E-state index in [1.165, 1.54) is 5.01 Å². The molecule has 0 saturated carbocycles. The molecule has 1 rings (SSSR count). The topological polar surface area (TPSA) is 45.1 Å². The van der Waals surface area contributed by atoms with Crippen molar-refractivity contribution in [2.24, 2.45) is 5.41 Å². The Morgan fingerprint density at radius 1 is 1.60 bits per heavy atom. The molecule has 0 aliphatic heterocycles. The first kappa shape index (κ1) is 12.6. The monoisotopic (exact) mass is 228 g/mol. The Labute approximate surface area is 95.6 Å². The van der Waals surface area contributed by atoms with Gasteiger partial charge in [0.25, 0.3) is 0 Å². The third kappa shape index (κ3) is 4.28. The number of nitrogens with zero attached hydrogens (tertiary/aromatic N) is 1. The van der Waals surface area contributed by atoms with Crippen molar-refractivity contribution >= 4 is 11.3 Å². The minimum absolute atomic E-state index is 0.0391. The van der Waals surface area contributed by atoms with Crippen LogP contribution in [0.15, 0.2) is 11.6 Å². The molecule has 0 aliphatic carbocycles. The van der Waals surface area contributed by atoms with Crippen molar-refractivity contribution in [3.05, 3.63) is 16.6 Å². The summed E-state index contributed by atoms with van der Waals surface area (Å²) in [6.07, 6.45) is 1.84. The number of thiazole rings is 1. The SMILES string of the molecule is CC(CNCC(C)(C)CO)c1nccs1. The van der Waals surface area contributed by atoms with Crippen LogP contribution < -0.4 is 5.32 Å². The number of rotatable bonds is 6. The molecular formula is C11H20N2OS. The van der Waals surface area contributed by atoms with Gasteiger partial charge in [0.05, 0.1) is 5.01 Å². The third-order valence-electron chi connectivity index (χ3n) is 2.36. The molecule has 1 unspecified atom stereocenters. The van der Waals surface area contributed by atoms with E-state index in [2.05, 4.69) is 17.2 Å². The largest absolute Gasteiger partial charge is 0.396 e. The van der Waals surface area contributed by atoms with Crippen LogP contribution in [0.1, 0.15) is 31.7 Å². The second-order valence-electron chi connectivity index (χ2n) is 4.72. The zero-order chi connectivity index (χ0) is 11.3. The summed E-state index contributed by atoms with van der Waals surface area (Å²) >= 11 is 1.69. The molecule has 0 spiro atoms. The van der Waals surface area contributed by atoms with Crippen LogP contribution >= 0.6 is 11.3 Å². The summed E-state index contributed by atoms with van der Waals surface area (Å²) in [5.41, 5.74) is -0.0391. The van der Waals surface area contributed by atoms with Crippen molar-refractivity contribution in [2.75, 3.05) is 19.7 Å². The smallest absolute Gasteiger partial charge is 0.0965 e. The lowest BCUT2D eigenvalue weighted by Crippen LogP contribution is -2.34. The summed E-state index contributed by atoms with van der Waals surface area (Å²) in [6.45, 7) is 8.22. The van der Waals surface area contributed by atoms with E-state index >= 15 is 0 Å². The van der Waals surface area contributed by atoms with Gasteiger partial charge in [-0.25, -0.2) is 4.98 Å². The highest BCUT2D eigenvalue weighted by molar-refractivity contribution is 7.09. The van der Waals surface area contributed by atoms with E-state index in [4.69, 9.17) is 5.11 Å². The molecule has 1 aromatic heterocycles. The van der Waals surface area contributed by atoms with E-state index in [-0.39, 0.29) is 12.0 Å². The van der Waals surface area contributed by atoms with Crippen molar-refractivity contribution in [1.29, 1.82) is 0 Å². The van der Waals surface area contributed by atoms with Gasteiger partial charge in [-0.2, -0.15) is 0 Å². The Hall–Kier alpha value is -0.450. The van der Waals surface area contributed by atoms with E-state index in [9.17, 15) is 0 Å². The Balaban J connectivity index is 2.26. The molecule has 1 aromatic rings. The third-order valence-corrected chi connectivity index (χ3v) is 3.36. The molecule has 1 atom stereocenters. The Kier molecular flexibility index (Phi) is 4.70. The van der Waals surface area contributed by atoms with Crippen molar-refractivity contribution in [3.8, 4) is 0 Å². The number of hydrogen-bond acceptors (Lipinski definition) is 4. The van der Waals surface area contributed by atoms with Gasteiger partial charge < -0.3 is 10.4 Å². The average Bonchev–Trinajstić information content (AvgIpc) is 2.70. The average molecular weight is 228 g/mol. The molecule has 4 heteroatoms. The van der Waals surface area contributed by atoms with E-state index in [0.29, 0.717) is 5.92 Å². The van der Waals surface area contributed by atoms with E-state index in [1.807, 2.05) is 25.4 Å². The summed E-state index contributed by atoms with van der Waals surface area (Å²) in [4.78, 5) is 4.28. The van der Waals surface area contributed by atoms with Crippen LogP contribution in [0, 0.1) is 5.41 Å². The predicted octanol–water partition coefficient (Wildman–Crippen LogP) is 1.85. The van der Waals surface area contributed by atoms with E-state index < -0.39 is 0 Å². The molecule has 86 valence electrons. The van der Waals surface area contributed by atoms with Gasteiger partial charge in [-0.05, 0) is 0 Å². The minimum atomic E-state index is -0.0391. The number of hydrogen-bond donors (Lipinski definition) is 2. The van der Waals surface area contributed by atoms with Crippen molar-refractivity contribution in [2.45, 2.75) is 26.7 Å². The normalized spacial score (nSPS) is 14.1. The summed E-state index contributed by atoms with van der Waals surface area (Å²) in [6, 6.07) is 0. The van der Waals surface area contributed by atoms with Gasteiger partial charge in [-0.3, -0.25) is 0 Å². The zero-order valence-corrected chi connectivity index (χ0v) is 10.5. The van der Waals surface area contributed by atoms with Crippen LogP contribution in [0.4, 0.5) is 0 Å². The minimum Gasteiger partial charge on any atom is -0.396 e. The molecule has 0 aromatic carbocycles. The summed E-state index contributed by atoms with van der Waals surface area (Å²) in [7, 11) is 0. The number of aliphatic hydroxyl groups is 1. The first-order valence-corrected chi connectivity index (χ1v) is 6.14. The Bertz CT molecular complexity index is 272. The van der Waals surface area contributed by atoms with Gasteiger partial charge in [-0.15, -0.1) is 11.3 Å². The number of nitrogens with one attached hydrogen (secondary N) is 1. The quantitative estimate of drug-likeness (QED) is 0.781. The number of aromatic nitrogens is 1. The van der Waals surface area contributed by atoms with Gasteiger partial charge in [-0.1, -0.05) is 20.8 Å². The van der Waals surface area contributed by atoms with Crippen molar-refractivity contribution in [3.63, 3.8) is 0 Å². The lowest BCUT2D eigenvalue weighted by atomic mass is 9.95. The fraction of sp³-hybridized carbons (Fsp3) is 0.727. The number of aliphatic hydroxyl groups excluding tert-OH is 1. The molecule has 0 bridgehead atoms. The summed E-state index contributed by atoms with van der Waals surface area (Å²) < 4.78 is 0. The predicted molar refractivity (Wildman–Crippen MR) is 64.3 cm³/mol. The van der Waals surface area contributed by atoms with Crippen LogP contribution in [0.5, 0.6) is 0 Å². The molecule has 0 saturated heterocycles. The van der Waals surface area contributed by atoms with Gasteiger partial charge in [0.2, 0.25) is 0 Å². The molecule has 3 nitrogen and oxygen atoms in total. The van der Waals surface area contributed by atoms with Gasteiger partial charge >= 0.3 is 0 Å². The second kappa shape index (κ2) is 5.58. The maximum Gasteiger partial charge on any atom is 0.0965 e. The Morgan fingerprint density at radius 2 is 2.33 bits per heavy atom. The van der Waals surface area contributed by atoms with Crippen LogP contribution in [-0.2, 0) is 0 Å². The first-order valence-electron chi connectivity index (χ1n) is 5.26. The second-order valence-corrected chi connectivity index (χ2v) is 5.65. The molecule has 15 heavy (non-hydrogen) atoms. The molecule has 2 N–H and O–H groups in total. The molecule has 1 heterocycles. The van der Waals surface area contributed by atoms with Crippen molar-refractivity contribution < 1.29 is 5.11 Å². The van der Waals surface area contributed by atoms with E-state index in [1.54, 1.807) is 11.3 Å². The Morgan fingerprint density at radius 3 is 2.87 bits per heavy atom. The first-order chi connectivity index (χ1) is 7.05. The lowest BCUT2D eigenvalue weighted by molar-refractivity contribution is 0.157. The van der Waals surface area contributed by atoms with Gasteiger partial charge in [0, 0.05) is 42.6 Å². The molecule has 0 amide bonds. The van der Waals surface area contributed by atoms with Crippen LogP contribution in [0.25, 0.3) is 0 Å². The molecular weight excluding hydrogens is 208 g/mol. The van der Waals surface area contributed by atoms with Crippen LogP contribution in [0.3, 0.4) is 0 Å². The highest BCUT2D eigenvalue weighted by Gasteiger charge is 2.16. The fourth-order valence-electron chi connectivity index (χ4n) is 1.25. The summed E-state index contributed by atoms with van der Waals surface area (Å²) in [5.74, 6) is 0.444. The van der Waals surface area contributed by atoms with Gasteiger partial charge in [0.15, 0.2) is 0 Å². The van der Waals surface area contributed by atoms with E-state index in [0.717, 1.165) is 13.1 Å².